The van der Waals surface area contributed by atoms with Crippen LogP contribution in [0.2, 0.25) is 0 Å². The summed E-state index contributed by atoms with van der Waals surface area (Å²) in [5, 5.41) is 19.6. The van der Waals surface area contributed by atoms with Gasteiger partial charge in [-0.15, -0.1) is 0 Å². The van der Waals surface area contributed by atoms with Crippen LogP contribution < -0.4 is 5.14 Å². The molecule has 0 amide bonds. The Balaban J connectivity index is 0.000000325. The molecule has 1 aromatic rings. The maximum absolute atomic E-state index is 10.6. The monoisotopic (exact) mass is 247 g/mol. The van der Waals surface area contributed by atoms with E-state index in [0.717, 1.165) is 0 Å². The number of aliphatic carboxylic acids is 2. The first-order valence-electron chi connectivity index (χ1n) is 3.79. The molecule has 1 rings (SSSR count). The van der Waals surface area contributed by atoms with Gasteiger partial charge in [0.25, 0.3) is 0 Å². The Morgan fingerprint density at radius 3 is 1.56 bits per heavy atom. The number of nitrogens with two attached hydrogens (primary N) is 1. The highest BCUT2D eigenvalue weighted by molar-refractivity contribution is 7.89. The smallest absolute Gasteiger partial charge is 0.414 e. The highest BCUT2D eigenvalue weighted by atomic mass is 32.2. The second-order valence-electron chi connectivity index (χ2n) is 2.47. The molecular formula is C8H9NO6S. The second-order valence-corrected chi connectivity index (χ2v) is 4.03. The minimum absolute atomic E-state index is 0.148. The molecule has 0 bridgehead atoms. The molecule has 0 aliphatic heterocycles. The van der Waals surface area contributed by atoms with E-state index in [4.69, 9.17) is 24.9 Å². The van der Waals surface area contributed by atoms with Gasteiger partial charge >= 0.3 is 11.9 Å². The summed E-state index contributed by atoms with van der Waals surface area (Å²) in [5.41, 5.74) is 0. The van der Waals surface area contributed by atoms with Gasteiger partial charge in [0, 0.05) is 0 Å². The Morgan fingerprint density at radius 2 is 1.38 bits per heavy atom. The summed E-state index contributed by atoms with van der Waals surface area (Å²) in [6.07, 6.45) is 0. The normalized spacial score (nSPS) is 9.81. The number of primary sulfonamides is 1. The Kier molecular flexibility index (Phi) is 5.13. The van der Waals surface area contributed by atoms with Crippen molar-refractivity contribution in [3.8, 4) is 0 Å². The van der Waals surface area contributed by atoms with Crippen LogP contribution in [0.25, 0.3) is 0 Å². The van der Waals surface area contributed by atoms with Gasteiger partial charge in [0.15, 0.2) is 0 Å². The van der Waals surface area contributed by atoms with Crippen LogP contribution in [0.15, 0.2) is 35.2 Å². The standard InChI is InChI=1S/C6H7NO2S.C2H2O4/c7-10(8,9)6-4-2-1-3-5-6;3-1(4)2(5)6/h1-5H,(H2,7,8,9);(H,3,4)(H,5,6). The minimum Gasteiger partial charge on any atom is -0.473 e. The number of carbonyl (C=O) groups is 2. The molecule has 0 aromatic heterocycles. The first-order valence-corrected chi connectivity index (χ1v) is 5.34. The molecule has 0 saturated heterocycles. The molecular weight excluding hydrogens is 238 g/mol. The Morgan fingerprint density at radius 1 is 1.00 bits per heavy atom. The van der Waals surface area contributed by atoms with Crippen molar-refractivity contribution in [1.82, 2.24) is 0 Å². The molecule has 0 fully saturated rings. The highest BCUT2D eigenvalue weighted by Crippen LogP contribution is 2.02. The van der Waals surface area contributed by atoms with Crippen molar-refractivity contribution in [1.29, 1.82) is 0 Å². The van der Waals surface area contributed by atoms with Crippen LogP contribution in [-0.4, -0.2) is 30.6 Å². The number of sulfonamides is 1. The lowest BCUT2D eigenvalue weighted by Gasteiger charge is -1.93. The van der Waals surface area contributed by atoms with Gasteiger partial charge in [0.2, 0.25) is 10.0 Å². The van der Waals surface area contributed by atoms with Crippen LogP contribution in [0.4, 0.5) is 0 Å². The summed E-state index contributed by atoms with van der Waals surface area (Å²) in [6.45, 7) is 0. The van der Waals surface area contributed by atoms with E-state index < -0.39 is 22.0 Å². The number of hydrogen-bond donors (Lipinski definition) is 3. The first kappa shape index (κ1) is 14.1. The SMILES string of the molecule is NS(=O)(=O)c1ccccc1.O=C(O)C(=O)O. The van der Waals surface area contributed by atoms with Gasteiger partial charge in [-0.2, -0.15) is 0 Å². The average molecular weight is 247 g/mol. The summed E-state index contributed by atoms with van der Waals surface area (Å²) < 4.78 is 21.2. The van der Waals surface area contributed by atoms with Crippen LogP contribution >= 0.6 is 0 Å². The molecule has 0 saturated carbocycles. The summed E-state index contributed by atoms with van der Waals surface area (Å²) >= 11 is 0. The van der Waals surface area contributed by atoms with Crippen molar-refractivity contribution < 1.29 is 28.2 Å². The quantitative estimate of drug-likeness (QED) is 0.572. The zero-order valence-electron chi connectivity index (χ0n) is 7.90. The molecule has 16 heavy (non-hydrogen) atoms. The molecule has 0 aliphatic rings. The molecule has 0 atom stereocenters. The zero-order chi connectivity index (χ0) is 12.8. The molecule has 0 spiro atoms. The maximum atomic E-state index is 10.6. The molecule has 88 valence electrons. The van der Waals surface area contributed by atoms with E-state index in [1.807, 2.05) is 0 Å². The van der Waals surface area contributed by atoms with E-state index >= 15 is 0 Å². The Hall–Kier alpha value is -1.93. The lowest BCUT2D eigenvalue weighted by molar-refractivity contribution is -0.159. The topological polar surface area (TPSA) is 135 Å². The van der Waals surface area contributed by atoms with Crippen molar-refractivity contribution in [3.05, 3.63) is 30.3 Å². The van der Waals surface area contributed by atoms with Gasteiger partial charge in [0.05, 0.1) is 4.90 Å². The number of benzene rings is 1. The second kappa shape index (κ2) is 5.83. The van der Waals surface area contributed by atoms with Crippen molar-refractivity contribution in [2.24, 2.45) is 5.14 Å². The molecule has 0 radical (unpaired) electrons. The summed E-state index contributed by atoms with van der Waals surface area (Å²) in [4.78, 5) is 18.3. The number of carboxylic acid groups (broad SMARTS) is 2. The predicted octanol–water partition coefficient (Wildman–Crippen LogP) is -0.510. The molecule has 7 nitrogen and oxygen atoms in total. The van der Waals surface area contributed by atoms with Crippen molar-refractivity contribution in [2.45, 2.75) is 4.90 Å². The van der Waals surface area contributed by atoms with E-state index in [0.29, 0.717) is 0 Å². The average Bonchev–Trinajstić information content (AvgIpc) is 2.18. The van der Waals surface area contributed by atoms with Crippen molar-refractivity contribution >= 4 is 22.0 Å². The van der Waals surface area contributed by atoms with Crippen LogP contribution in [-0.2, 0) is 19.6 Å². The van der Waals surface area contributed by atoms with Gasteiger partial charge in [0.1, 0.15) is 0 Å². The fourth-order valence-electron chi connectivity index (χ4n) is 0.610. The summed E-state index contributed by atoms with van der Waals surface area (Å²) in [5.74, 6) is -3.65. The van der Waals surface area contributed by atoms with E-state index in [-0.39, 0.29) is 4.90 Å². The predicted molar refractivity (Wildman–Crippen MR) is 53.1 cm³/mol. The number of carboxylic acids is 2. The Labute approximate surface area is 91.2 Å². The van der Waals surface area contributed by atoms with Gasteiger partial charge in [-0.3, -0.25) is 0 Å². The van der Waals surface area contributed by atoms with Gasteiger partial charge in [-0.1, -0.05) is 18.2 Å². The first-order chi connectivity index (χ1) is 7.25. The maximum Gasteiger partial charge on any atom is 0.414 e. The third-order valence-electron chi connectivity index (χ3n) is 1.25. The highest BCUT2D eigenvalue weighted by Gasteiger charge is 2.04. The van der Waals surface area contributed by atoms with Crippen LogP contribution in [0.3, 0.4) is 0 Å². The molecule has 8 heteroatoms. The van der Waals surface area contributed by atoms with Gasteiger partial charge in [-0.05, 0) is 12.1 Å². The zero-order valence-corrected chi connectivity index (χ0v) is 8.72. The van der Waals surface area contributed by atoms with Crippen LogP contribution in [0, 0.1) is 0 Å². The van der Waals surface area contributed by atoms with E-state index in [9.17, 15) is 8.42 Å². The largest absolute Gasteiger partial charge is 0.473 e. The lowest BCUT2D eigenvalue weighted by atomic mass is 10.4. The van der Waals surface area contributed by atoms with Gasteiger partial charge < -0.3 is 10.2 Å². The summed E-state index contributed by atoms with van der Waals surface area (Å²) in [6, 6.07) is 7.89. The van der Waals surface area contributed by atoms with Crippen LogP contribution in [0.1, 0.15) is 0 Å². The summed E-state index contributed by atoms with van der Waals surface area (Å²) in [7, 11) is -3.50. The molecule has 0 aliphatic carbocycles. The van der Waals surface area contributed by atoms with Crippen LogP contribution in [0.5, 0.6) is 0 Å². The third-order valence-corrected chi connectivity index (χ3v) is 2.18. The molecule has 1 aromatic carbocycles. The lowest BCUT2D eigenvalue weighted by Crippen LogP contribution is -2.11. The van der Waals surface area contributed by atoms with E-state index in [2.05, 4.69) is 0 Å². The van der Waals surface area contributed by atoms with E-state index in [1.54, 1.807) is 18.2 Å². The fraction of sp³-hybridized carbons (Fsp3) is 0. The van der Waals surface area contributed by atoms with Crippen molar-refractivity contribution in [3.63, 3.8) is 0 Å². The molecule has 0 unspecified atom stereocenters. The van der Waals surface area contributed by atoms with Gasteiger partial charge in [-0.25, -0.2) is 23.1 Å². The Bertz CT molecular complexity index is 455. The third kappa shape index (κ3) is 5.73. The minimum atomic E-state index is -3.50. The number of rotatable bonds is 1. The molecule has 4 N–H and O–H groups in total. The van der Waals surface area contributed by atoms with E-state index in [1.165, 1.54) is 12.1 Å². The fourth-order valence-corrected chi connectivity index (χ4v) is 1.15. The van der Waals surface area contributed by atoms with Crippen molar-refractivity contribution in [2.75, 3.05) is 0 Å². The number of hydrogen-bond acceptors (Lipinski definition) is 4. The molecule has 0 heterocycles.